The summed E-state index contributed by atoms with van der Waals surface area (Å²) in [6, 6.07) is 3.63. The normalized spacial score (nSPS) is 24.7. The number of halogens is 1. The molecule has 1 amide bonds. The van der Waals surface area contributed by atoms with Gasteiger partial charge >= 0.3 is 0 Å². The van der Waals surface area contributed by atoms with Gasteiger partial charge in [-0.3, -0.25) is 4.79 Å². The Bertz CT molecular complexity index is 426. The van der Waals surface area contributed by atoms with Gasteiger partial charge in [0.1, 0.15) is 5.54 Å². The maximum absolute atomic E-state index is 11.6. The van der Waals surface area contributed by atoms with Crippen molar-refractivity contribution in [3.8, 4) is 0 Å². The molecule has 0 bridgehead atoms. The van der Waals surface area contributed by atoms with E-state index < -0.39 is 5.54 Å². The lowest BCUT2D eigenvalue weighted by molar-refractivity contribution is -0.120. The maximum Gasteiger partial charge on any atom is 0.248 e. The van der Waals surface area contributed by atoms with E-state index in [4.69, 9.17) is 17.3 Å². The van der Waals surface area contributed by atoms with Gasteiger partial charge in [0.05, 0.1) is 5.69 Å². The fourth-order valence-corrected chi connectivity index (χ4v) is 2.06. The molecule has 2 rings (SSSR count). The molecule has 0 aliphatic carbocycles. The van der Waals surface area contributed by atoms with E-state index in [9.17, 15) is 4.79 Å². The topological polar surface area (TPSA) is 55.1 Å². The van der Waals surface area contributed by atoms with Crippen LogP contribution in [0.2, 0.25) is 5.02 Å². The van der Waals surface area contributed by atoms with Gasteiger partial charge in [-0.05, 0) is 25.5 Å². The fraction of sp³-hybridized carbons (Fsp3) is 0.300. The van der Waals surface area contributed by atoms with Gasteiger partial charge in [-0.2, -0.15) is 0 Å². The van der Waals surface area contributed by atoms with Crippen LogP contribution in [-0.2, 0) is 10.3 Å². The Kier molecular flexibility index (Phi) is 1.84. The van der Waals surface area contributed by atoms with Gasteiger partial charge in [0, 0.05) is 10.6 Å². The minimum atomic E-state index is -1.02. The highest BCUT2D eigenvalue weighted by molar-refractivity contribution is 6.33. The Hall–Kier alpha value is -1.06. The third-order valence-electron chi connectivity index (χ3n) is 2.59. The lowest BCUT2D eigenvalue weighted by Gasteiger charge is -2.16. The number of nitrogens with one attached hydrogen (secondary N) is 1. The molecule has 0 radical (unpaired) electrons. The first-order valence-corrected chi connectivity index (χ1v) is 4.72. The molecule has 1 aliphatic rings. The summed E-state index contributed by atoms with van der Waals surface area (Å²) in [5, 5.41) is 3.28. The number of carbonyl (C=O) groups is 1. The number of fused-ring (bicyclic) bond motifs is 1. The van der Waals surface area contributed by atoms with E-state index in [0.29, 0.717) is 10.6 Å². The number of amides is 1. The molecular weight excluding hydrogens is 200 g/mol. The fourth-order valence-electron chi connectivity index (χ4n) is 1.71. The molecule has 0 aromatic heterocycles. The highest BCUT2D eigenvalue weighted by Gasteiger charge is 2.41. The van der Waals surface area contributed by atoms with E-state index in [1.54, 1.807) is 13.0 Å². The zero-order chi connectivity index (χ0) is 10.5. The summed E-state index contributed by atoms with van der Waals surface area (Å²) in [5.74, 6) is -0.205. The van der Waals surface area contributed by atoms with Crippen molar-refractivity contribution in [1.82, 2.24) is 0 Å². The van der Waals surface area contributed by atoms with Crippen molar-refractivity contribution in [2.75, 3.05) is 5.32 Å². The van der Waals surface area contributed by atoms with Crippen LogP contribution in [0.15, 0.2) is 12.1 Å². The van der Waals surface area contributed by atoms with E-state index in [0.717, 1.165) is 11.3 Å². The Morgan fingerprint density at radius 2 is 2.14 bits per heavy atom. The summed E-state index contributed by atoms with van der Waals surface area (Å²) in [4.78, 5) is 11.6. The molecule has 0 saturated carbocycles. The number of hydrogen-bond acceptors (Lipinski definition) is 2. The summed E-state index contributed by atoms with van der Waals surface area (Å²) in [5.41, 5.74) is 7.32. The van der Waals surface area contributed by atoms with Crippen LogP contribution in [0.3, 0.4) is 0 Å². The number of anilines is 1. The molecular formula is C10H11ClN2O. The van der Waals surface area contributed by atoms with Gasteiger partial charge in [0.15, 0.2) is 0 Å². The minimum Gasteiger partial charge on any atom is -0.324 e. The van der Waals surface area contributed by atoms with Crippen LogP contribution in [0, 0.1) is 6.92 Å². The first-order chi connectivity index (χ1) is 6.44. The first kappa shape index (κ1) is 9.49. The molecule has 1 aromatic rings. The number of rotatable bonds is 0. The standard InChI is InChI=1S/C10H11ClN2O/c1-5-3-4-6(11)7-8(5)13-9(14)10(7,2)12/h3-4H,12H2,1-2H3,(H,13,14)/t10-/m0/s1. The molecule has 0 unspecified atom stereocenters. The SMILES string of the molecule is Cc1ccc(Cl)c2c1NC(=O)[C@@]2(C)N. The average Bonchev–Trinajstić information content (AvgIpc) is 2.33. The van der Waals surface area contributed by atoms with Gasteiger partial charge in [-0.15, -0.1) is 0 Å². The molecule has 0 spiro atoms. The van der Waals surface area contributed by atoms with Gasteiger partial charge < -0.3 is 11.1 Å². The molecule has 3 nitrogen and oxygen atoms in total. The summed E-state index contributed by atoms with van der Waals surface area (Å²) in [6.45, 7) is 3.58. The van der Waals surface area contributed by atoms with Crippen LogP contribution in [0.4, 0.5) is 5.69 Å². The predicted octanol–water partition coefficient (Wildman–Crippen LogP) is 1.77. The Morgan fingerprint density at radius 1 is 1.50 bits per heavy atom. The zero-order valence-corrected chi connectivity index (χ0v) is 8.77. The van der Waals surface area contributed by atoms with Crippen molar-refractivity contribution < 1.29 is 4.79 Å². The molecule has 1 heterocycles. The van der Waals surface area contributed by atoms with Gasteiger partial charge in [0.25, 0.3) is 0 Å². The van der Waals surface area contributed by atoms with E-state index in [1.165, 1.54) is 0 Å². The Labute approximate surface area is 87.2 Å². The quantitative estimate of drug-likeness (QED) is 0.686. The average molecular weight is 211 g/mol. The molecule has 1 aliphatic heterocycles. The van der Waals surface area contributed by atoms with Crippen molar-refractivity contribution >= 4 is 23.2 Å². The lowest BCUT2D eigenvalue weighted by Crippen LogP contribution is -2.40. The third kappa shape index (κ3) is 1.06. The third-order valence-corrected chi connectivity index (χ3v) is 2.91. The molecule has 74 valence electrons. The monoisotopic (exact) mass is 210 g/mol. The predicted molar refractivity (Wildman–Crippen MR) is 56.4 cm³/mol. The van der Waals surface area contributed by atoms with E-state index in [2.05, 4.69) is 5.32 Å². The zero-order valence-electron chi connectivity index (χ0n) is 8.02. The highest BCUT2D eigenvalue weighted by Crippen LogP contribution is 2.40. The van der Waals surface area contributed by atoms with Crippen LogP contribution in [0.25, 0.3) is 0 Å². The molecule has 4 heteroatoms. The summed E-state index contributed by atoms with van der Waals surface area (Å²) >= 11 is 6.02. The molecule has 0 fully saturated rings. The largest absolute Gasteiger partial charge is 0.324 e. The molecule has 0 saturated heterocycles. The summed E-state index contributed by atoms with van der Waals surface area (Å²) < 4.78 is 0. The number of aryl methyl sites for hydroxylation is 1. The minimum absolute atomic E-state index is 0.205. The molecule has 14 heavy (non-hydrogen) atoms. The van der Waals surface area contributed by atoms with E-state index in [1.807, 2.05) is 13.0 Å². The Balaban J connectivity index is 2.76. The van der Waals surface area contributed by atoms with Crippen LogP contribution in [0.1, 0.15) is 18.1 Å². The van der Waals surface area contributed by atoms with E-state index >= 15 is 0 Å². The number of nitrogens with two attached hydrogens (primary N) is 1. The Morgan fingerprint density at radius 3 is 2.71 bits per heavy atom. The van der Waals surface area contributed by atoms with Crippen LogP contribution < -0.4 is 11.1 Å². The van der Waals surface area contributed by atoms with Crippen LogP contribution in [0.5, 0.6) is 0 Å². The van der Waals surface area contributed by atoms with Gasteiger partial charge in [-0.1, -0.05) is 17.7 Å². The molecule has 3 N–H and O–H groups in total. The second-order valence-electron chi connectivity index (χ2n) is 3.77. The van der Waals surface area contributed by atoms with Crippen molar-refractivity contribution in [1.29, 1.82) is 0 Å². The smallest absolute Gasteiger partial charge is 0.248 e. The first-order valence-electron chi connectivity index (χ1n) is 4.34. The maximum atomic E-state index is 11.6. The van der Waals surface area contributed by atoms with Gasteiger partial charge in [0.2, 0.25) is 5.91 Å². The second-order valence-corrected chi connectivity index (χ2v) is 4.18. The molecule has 1 atom stereocenters. The summed E-state index contributed by atoms with van der Waals surface area (Å²) in [6.07, 6.45) is 0. The van der Waals surface area contributed by atoms with Crippen molar-refractivity contribution in [3.05, 3.63) is 28.3 Å². The van der Waals surface area contributed by atoms with Crippen molar-refractivity contribution in [2.45, 2.75) is 19.4 Å². The number of benzene rings is 1. The lowest BCUT2D eigenvalue weighted by atomic mass is 9.94. The summed E-state index contributed by atoms with van der Waals surface area (Å²) in [7, 11) is 0. The van der Waals surface area contributed by atoms with Crippen LogP contribution >= 0.6 is 11.6 Å². The second kappa shape index (κ2) is 2.72. The molecule has 1 aromatic carbocycles. The van der Waals surface area contributed by atoms with Crippen molar-refractivity contribution in [3.63, 3.8) is 0 Å². The van der Waals surface area contributed by atoms with Crippen LogP contribution in [-0.4, -0.2) is 5.91 Å². The van der Waals surface area contributed by atoms with Gasteiger partial charge in [-0.25, -0.2) is 0 Å². The number of hydrogen-bond donors (Lipinski definition) is 2. The van der Waals surface area contributed by atoms with Crippen molar-refractivity contribution in [2.24, 2.45) is 5.73 Å². The van der Waals surface area contributed by atoms with E-state index in [-0.39, 0.29) is 5.91 Å². The number of carbonyl (C=O) groups excluding carboxylic acids is 1. The highest BCUT2D eigenvalue weighted by atomic mass is 35.5.